The number of rotatable bonds is 4. The molecule has 0 radical (unpaired) electrons. The Morgan fingerprint density at radius 1 is 1.54 bits per heavy atom. The third-order valence-electron chi connectivity index (χ3n) is 3.76. The third kappa shape index (κ3) is 2.23. The maximum absolute atomic E-state index is 6.14. The van der Waals surface area contributed by atoms with Crippen molar-refractivity contribution >= 4 is 0 Å². The van der Waals surface area contributed by atoms with Crippen molar-refractivity contribution < 1.29 is 4.74 Å². The van der Waals surface area contributed by atoms with Crippen LogP contribution in [0.2, 0.25) is 0 Å². The van der Waals surface area contributed by atoms with Crippen LogP contribution in [0.3, 0.4) is 0 Å². The Morgan fingerprint density at radius 3 is 2.85 bits per heavy atom. The lowest BCUT2D eigenvalue weighted by Gasteiger charge is -2.20. The highest BCUT2D eigenvalue weighted by atomic mass is 16.5. The molecule has 2 heteroatoms. The lowest BCUT2D eigenvalue weighted by atomic mass is 9.94. The highest BCUT2D eigenvalue weighted by Crippen LogP contribution is 2.48. The van der Waals surface area contributed by atoms with Gasteiger partial charge in [0, 0.05) is 12.6 Å². The summed E-state index contributed by atoms with van der Waals surface area (Å²) in [5, 5.41) is 0. The molecule has 0 spiro atoms. The van der Waals surface area contributed by atoms with Crippen LogP contribution < -0.4 is 5.73 Å². The lowest BCUT2D eigenvalue weighted by molar-refractivity contribution is 0.0986. The van der Waals surface area contributed by atoms with Gasteiger partial charge in [-0.25, -0.2) is 0 Å². The highest BCUT2D eigenvalue weighted by Gasteiger charge is 2.42. The van der Waals surface area contributed by atoms with Crippen LogP contribution in [0, 0.1) is 5.41 Å². The maximum Gasteiger partial charge on any atom is 0.0576 e. The molecule has 1 saturated carbocycles. The summed E-state index contributed by atoms with van der Waals surface area (Å²) in [6.07, 6.45) is 8.02. The molecule has 2 fully saturated rings. The molecule has 0 bridgehead atoms. The van der Waals surface area contributed by atoms with Crippen LogP contribution in [0.5, 0.6) is 0 Å². The molecular formula is C11H21NO. The second-order valence-electron chi connectivity index (χ2n) is 4.97. The van der Waals surface area contributed by atoms with Crippen LogP contribution in [0.25, 0.3) is 0 Å². The topological polar surface area (TPSA) is 35.2 Å². The monoisotopic (exact) mass is 183 g/mol. The van der Waals surface area contributed by atoms with Gasteiger partial charge in [0.05, 0.1) is 6.10 Å². The molecule has 2 N–H and O–H groups in total. The average Bonchev–Trinajstić information content (AvgIpc) is 2.70. The van der Waals surface area contributed by atoms with E-state index in [1.54, 1.807) is 0 Å². The summed E-state index contributed by atoms with van der Waals surface area (Å²) >= 11 is 0. The predicted octanol–water partition coefficient (Wildman–Crippen LogP) is 2.07. The van der Waals surface area contributed by atoms with E-state index in [9.17, 15) is 0 Å². The Kier molecular flexibility index (Phi) is 2.61. The van der Waals surface area contributed by atoms with Crippen molar-refractivity contribution in [3.63, 3.8) is 0 Å². The zero-order chi connectivity index (χ0) is 9.31. The SMILES string of the molecule is CC1(C(N)CCC2CCCO2)CC1. The van der Waals surface area contributed by atoms with Gasteiger partial charge in [0.1, 0.15) is 0 Å². The molecule has 1 heterocycles. The second-order valence-corrected chi connectivity index (χ2v) is 4.97. The average molecular weight is 183 g/mol. The minimum Gasteiger partial charge on any atom is -0.378 e. The smallest absolute Gasteiger partial charge is 0.0576 e. The number of nitrogens with two attached hydrogens (primary N) is 1. The number of ether oxygens (including phenoxy) is 1. The summed E-state index contributed by atoms with van der Waals surface area (Å²) < 4.78 is 5.58. The zero-order valence-electron chi connectivity index (χ0n) is 8.59. The molecule has 2 atom stereocenters. The molecule has 0 amide bonds. The van der Waals surface area contributed by atoms with Crippen molar-refractivity contribution in [2.45, 2.75) is 57.6 Å². The van der Waals surface area contributed by atoms with E-state index in [-0.39, 0.29) is 0 Å². The van der Waals surface area contributed by atoms with Crippen LogP contribution in [0.15, 0.2) is 0 Å². The first kappa shape index (κ1) is 9.47. The van der Waals surface area contributed by atoms with Gasteiger partial charge in [0.25, 0.3) is 0 Å². The molecule has 2 unspecified atom stereocenters. The van der Waals surface area contributed by atoms with Crippen LogP contribution in [-0.2, 0) is 4.74 Å². The van der Waals surface area contributed by atoms with Crippen LogP contribution in [-0.4, -0.2) is 18.8 Å². The normalized spacial score (nSPS) is 33.2. The molecular weight excluding hydrogens is 162 g/mol. The van der Waals surface area contributed by atoms with E-state index in [1.807, 2.05) is 0 Å². The fourth-order valence-electron chi connectivity index (χ4n) is 2.15. The Balaban J connectivity index is 1.66. The van der Waals surface area contributed by atoms with E-state index in [4.69, 9.17) is 10.5 Å². The van der Waals surface area contributed by atoms with Crippen molar-refractivity contribution in [3.05, 3.63) is 0 Å². The van der Waals surface area contributed by atoms with Gasteiger partial charge in [0.15, 0.2) is 0 Å². The van der Waals surface area contributed by atoms with Crippen LogP contribution in [0.1, 0.15) is 45.4 Å². The van der Waals surface area contributed by atoms with Gasteiger partial charge in [-0.3, -0.25) is 0 Å². The zero-order valence-corrected chi connectivity index (χ0v) is 8.59. The molecule has 1 aliphatic heterocycles. The summed E-state index contributed by atoms with van der Waals surface area (Å²) in [4.78, 5) is 0. The van der Waals surface area contributed by atoms with Crippen molar-refractivity contribution in [2.24, 2.45) is 11.1 Å². The van der Waals surface area contributed by atoms with E-state index < -0.39 is 0 Å². The van der Waals surface area contributed by atoms with Gasteiger partial charge in [0.2, 0.25) is 0 Å². The van der Waals surface area contributed by atoms with E-state index in [0.717, 1.165) is 13.0 Å². The largest absolute Gasteiger partial charge is 0.378 e. The Labute approximate surface area is 80.8 Å². The fraction of sp³-hybridized carbons (Fsp3) is 1.00. The molecule has 76 valence electrons. The number of hydrogen-bond acceptors (Lipinski definition) is 2. The third-order valence-corrected chi connectivity index (χ3v) is 3.76. The van der Waals surface area contributed by atoms with Gasteiger partial charge in [-0.15, -0.1) is 0 Å². The first-order valence-electron chi connectivity index (χ1n) is 5.58. The van der Waals surface area contributed by atoms with Gasteiger partial charge < -0.3 is 10.5 Å². The van der Waals surface area contributed by atoms with Gasteiger partial charge >= 0.3 is 0 Å². The first-order chi connectivity index (χ1) is 6.21. The summed E-state index contributed by atoms with van der Waals surface area (Å²) in [5.74, 6) is 0. The highest BCUT2D eigenvalue weighted by molar-refractivity contribution is 4.97. The molecule has 1 aliphatic carbocycles. The Morgan fingerprint density at radius 2 is 2.31 bits per heavy atom. The molecule has 2 nitrogen and oxygen atoms in total. The van der Waals surface area contributed by atoms with Gasteiger partial charge in [-0.05, 0) is 43.9 Å². The molecule has 0 aromatic heterocycles. The molecule has 13 heavy (non-hydrogen) atoms. The molecule has 1 saturated heterocycles. The fourth-order valence-corrected chi connectivity index (χ4v) is 2.15. The predicted molar refractivity (Wildman–Crippen MR) is 53.5 cm³/mol. The van der Waals surface area contributed by atoms with Crippen LogP contribution >= 0.6 is 0 Å². The van der Waals surface area contributed by atoms with E-state index >= 15 is 0 Å². The van der Waals surface area contributed by atoms with Crippen molar-refractivity contribution in [3.8, 4) is 0 Å². The lowest BCUT2D eigenvalue weighted by Crippen LogP contribution is -2.30. The van der Waals surface area contributed by atoms with Crippen LogP contribution in [0.4, 0.5) is 0 Å². The summed E-state index contributed by atoms with van der Waals surface area (Å²) in [6, 6.07) is 0.414. The van der Waals surface area contributed by atoms with Gasteiger partial charge in [-0.1, -0.05) is 6.92 Å². The summed E-state index contributed by atoms with van der Waals surface area (Å²) in [6.45, 7) is 3.28. The second kappa shape index (κ2) is 3.58. The quantitative estimate of drug-likeness (QED) is 0.724. The summed E-state index contributed by atoms with van der Waals surface area (Å²) in [5.41, 5.74) is 6.62. The van der Waals surface area contributed by atoms with E-state index in [1.165, 1.54) is 32.1 Å². The van der Waals surface area contributed by atoms with Crippen molar-refractivity contribution in [1.29, 1.82) is 0 Å². The summed E-state index contributed by atoms with van der Waals surface area (Å²) in [7, 11) is 0. The standard InChI is InChI=1S/C11H21NO/c1-11(6-7-11)10(12)5-4-9-3-2-8-13-9/h9-10H,2-8,12H2,1H3. The van der Waals surface area contributed by atoms with Crippen molar-refractivity contribution in [2.75, 3.05) is 6.61 Å². The minimum absolute atomic E-state index is 0.414. The molecule has 2 aliphatic rings. The van der Waals surface area contributed by atoms with Crippen molar-refractivity contribution in [1.82, 2.24) is 0 Å². The molecule has 2 rings (SSSR count). The molecule has 0 aromatic rings. The Bertz CT molecular complexity index is 171. The molecule has 0 aromatic carbocycles. The number of hydrogen-bond donors (Lipinski definition) is 1. The Hall–Kier alpha value is -0.0800. The minimum atomic E-state index is 0.414. The maximum atomic E-state index is 6.14. The van der Waals surface area contributed by atoms with E-state index in [0.29, 0.717) is 17.6 Å². The van der Waals surface area contributed by atoms with E-state index in [2.05, 4.69) is 6.92 Å². The first-order valence-corrected chi connectivity index (χ1v) is 5.58. The van der Waals surface area contributed by atoms with Gasteiger partial charge in [-0.2, -0.15) is 0 Å².